The lowest BCUT2D eigenvalue weighted by atomic mass is 10.1. The molecule has 0 unspecified atom stereocenters. The molecule has 5 heteroatoms. The molecule has 0 spiro atoms. The minimum Gasteiger partial charge on any atom is -0.507 e. The van der Waals surface area contributed by atoms with Gasteiger partial charge < -0.3 is 14.7 Å². The molecule has 21 heavy (non-hydrogen) atoms. The van der Waals surface area contributed by atoms with Crippen molar-refractivity contribution in [2.24, 2.45) is 0 Å². The van der Waals surface area contributed by atoms with Crippen molar-refractivity contribution >= 4 is 11.5 Å². The van der Waals surface area contributed by atoms with Gasteiger partial charge in [-0.05, 0) is 30.3 Å². The van der Waals surface area contributed by atoms with Gasteiger partial charge in [0.1, 0.15) is 17.3 Å². The number of carbonyl (C=O) groups is 1. The van der Waals surface area contributed by atoms with Crippen molar-refractivity contribution in [2.75, 3.05) is 25.6 Å². The van der Waals surface area contributed by atoms with Gasteiger partial charge in [-0.1, -0.05) is 6.07 Å². The number of anilines is 1. The van der Waals surface area contributed by atoms with E-state index in [0.717, 1.165) is 17.8 Å². The Morgan fingerprint density at radius 3 is 2.76 bits per heavy atom. The summed E-state index contributed by atoms with van der Waals surface area (Å²) in [6, 6.07) is 10.6. The third kappa shape index (κ3) is 3.51. The van der Waals surface area contributed by atoms with Crippen LogP contribution in [0.15, 0.2) is 42.5 Å². The highest BCUT2D eigenvalue weighted by Gasteiger charge is 2.15. The lowest BCUT2D eigenvalue weighted by Crippen LogP contribution is -2.25. The second-order valence-corrected chi connectivity index (χ2v) is 4.64. The second kappa shape index (κ2) is 6.26. The second-order valence-electron chi connectivity index (χ2n) is 4.64. The first-order valence-corrected chi connectivity index (χ1v) is 6.38. The molecule has 0 fully saturated rings. The fourth-order valence-corrected chi connectivity index (χ4v) is 1.97. The van der Waals surface area contributed by atoms with Gasteiger partial charge in [-0.3, -0.25) is 4.79 Å². The number of phenols is 1. The smallest absolute Gasteiger partial charge is 0.185 e. The minimum absolute atomic E-state index is 0.0180. The van der Waals surface area contributed by atoms with Crippen molar-refractivity contribution in [3.63, 3.8) is 0 Å². The van der Waals surface area contributed by atoms with Gasteiger partial charge in [0, 0.05) is 18.8 Å². The summed E-state index contributed by atoms with van der Waals surface area (Å²) in [6.45, 7) is 0.0180. The SMILES string of the molecule is COc1cccc(N(C)CC(=O)c2cc(F)ccc2O)c1. The number of nitrogens with zero attached hydrogens (tertiary/aromatic N) is 1. The Labute approximate surface area is 122 Å². The Balaban J connectivity index is 2.16. The Bertz CT molecular complexity index is 658. The highest BCUT2D eigenvalue weighted by atomic mass is 19.1. The maximum atomic E-state index is 13.2. The summed E-state index contributed by atoms with van der Waals surface area (Å²) in [7, 11) is 3.30. The first-order chi connectivity index (χ1) is 10.0. The van der Waals surface area contributed by atoms with E-state index in [0.29, 0.717) is 5.75 Å². The molecule has 110 valence electrons. The monoisotopic (exact) mass is 289 g/mol. The number of methoxy groups -OCH3 is 1. The van der Waals surface area contributed by atoms with E-state index < -0.39 is 5.82 Å². The largest absolute Gasteiger partial charge is 0.507 e. The molecule has 2 rings (SSSR count). The molecule has 0 bridgehead atoms. The molecule has 0 aliphatic rings. The molecule has 2 aromatic rings. The third-order valence-electron chi connectivity index (χ3n) is 3.13. The van der Waals surface area contributed by atoms with E-state index in [-0.39, 0.29) is 23.6 Å². The van der Waals surface area contributed by atoms with Crippen LogP contribution in [0.2, 0.25) is 0 Å². The molecule has 0 heterocycles. The number of carbonyl (C=O) groups excluding carboxylic acids is 1. The molecule has 4 nitrogen and oxygen atoms in total. The molecule has 0 amide bonds. The summed E-state index contributed by atoms with van der Waals surface area (Å²) in [6.07, 6.45) is 0. The summed E-state index contributed by atoms with van der Waals surface area (Å²) < 4.78 is 18.3. The number of hydrogen-bond donors (Lipinski definition) is 1. The lowest BCUT2D eigenvalue weighted by molar-refractivity contribution is 0.0997. The maximum absolute atomic E-state index is 13.2. The molecule has 2 aromatic carbocycles. The quantitative estimate of drug-likeness (QED) is 0.860. The number of phenolic OH excluding ortho intramolecular Hbond substituents is 1. The van der Waals surface area contributed by atoms with E-state index in [2.05, 4.69) is 0 Å². The van der Waals surface area contributed by atoms with Crippen LogP contribution in [0, 0.1) is 5.82 Å². The summed E-state index contributed by atoms with van der Waals surface area (Å²) in [5.74, 6) is -0.460. The van der Waals surface area contributed by atoms with E-state index in [1.54, 1.807) is 31.2 Å². The van der Waals surface area contributed by atoms with Crippen LogP contribution in [0.5, 0.6) is 11.5 Å². The Hall–Kier alpha value is -2.56. The van der Waals surface area contributed by atoms with Crippen molar-refractivity contribution in [3.8, 4) is 11.5 Å². The minimum atomic E-state index is -0.555. The number of Topliss-reactive ketones (excluding diaryl/α,β-unsaturated/α-hetero) is 1. The predicted octanol–water partition coefficient (Wildman–Crippen LogP) is 2.86. The van der Waals surface area contributed by atoms with Crippen LogP contribution in [0.3, 0.4) is 0 Å². The van der Waals surface area contributed by atoms with Crippen molar-refractivity contribution in [3.05, 3.63) is 53.8 Å². The van der Waals surface area contributed by atoms with Crippen LogP contribution in [0.4, 0.5) is 10.1 Å². The first kappa shape index (κ1) is 14.8. The van der Waals surface area contributed by atoms with Gasteiger partial charge in [0.25, 0.3) is 0 Å². The fraction of sp³-hybridized carbons (Fsp3) is 0.188. The molecule has 1 N–H and O–H groups in total. The van der Waals surface area contributed by atoms with E-state index in [4.69, 9.17) is 4.74 Å². The average molecular weight is 289 g/mol. The zero-order chi connectivity index (χ0) is 15.4. The van der Waals surface area contributed by atoms with Gasteiger partial charge in [-0.2, -0.15) is 0 Å². The van der Waals surface area contributed by atoms with Gasteiger partial charge in [-0.25, -0.2) is 4.39 Å². The molecule has 0 saturated carbocycles. The third-order valence-corrected chi connectivity index (χ3v) is 3.13. The number of halogens is 1. The maximum Gasteiger partial charge on any atom is 0.185 e. The van der Waals surface area contributed by atoms with Gasteiger partial charge in [-0.15, -0.1) is 0 Å². The molecule has 0 radical (unpaired) electrons. The van der Waals surface area contributed by atoms with Crippen molar-refractivity contribution in [2.45, 2.75) is 0 Å². The predicted molar refractivity (Wildman–Crippen MR) is 78.7 cm³/mol. The van der Waals surface area contributed by atoms with Crippen molar-refractivity contribution < 1.29 is 19.0 Å². The molecule has 0 atom stereocenters. The van der Waals surface area contributed by atoms with E-state index >= 15 is 0 Å². The van der Waals surface area contributed by atoms with Gasteiger partial charge in [0.15, 0.2) is 5.78 Å². The number of rotatable bonds is 5. The topological polar surface area (TPSA) is 49.8 Å². The number of hydrogen-bond acceptors (Lipinski definition) is 4. The number of ketones is 1. The number of aromatic hydroxyl groups is 1. The molecule has 0 aromatic heterocycles. The highest BCUT2D eigenvalue weighted by Crippen LogP contribution is 2.22. The molecule has 0 aliphatic heterocycles. The summed E-state index contributed by atoms with van der Waals surface area (Å²) in [5.41, 5.74) is 0.767. The highest BCUT2D eigenvalue weighted by molar-refractivity contribution is 6.01. The fourth-order valence-electron chi connectivity index (χ4n) is 1.97. The Kier molecular flexibility index (Phi) is 4.42. The zero-order valence-electron chi connectivity index (χ0n) is 11.8. The number of benzene rings is 2. The van der Waals surface area contributed by atoms with Crippen LogP contribution in [0.1, 0.15) is 10.4 Å². The standard InChI is InChI=1S/C16H16FNO3/c1-18(12-4-3-5-13(9-12)21-2)10-16(20)14-8-11(17)6-7-15(14)19/h3-9,19H,10H2,1-2H3. The van der Waals surface area contributed by atoms with E-state index in [9.17, 15) is 14.3 Å². The Morgan fingerprint density at radius 2 is 2.05 bits per heavy atom. The van der Waals surface area contributed by atoms with Crippen molar-refractivity contribution in [1.82, 2.24) is 0 Å². The zero-order valence-corrected chi connectivity index (χ0v) is 11.8. The van der Waals surface area contributed by atoms with E-state index in [1.165, 1.54) is 6.07 Å². The lowest BCUT2D eigenvalue weighted by Gasteiger charge is -2.19. The normalized spacial score (nSPS) is 10.2. The Morgan fingerprint density at radius 1 is 1.29 bits per heavy atom. The summed E-state index contributed by atoms with van der Waals surface area (Å²) in [5, 5.41) is 9.64. The summed E-state index contributed by atoms with van der Waals surface area (Å²) in [4.78, 5) is 13.9. The number of likely N-dealkylation sites (N-methyl/N-ethyl adjacent to an activating group) is 1. The van der Waals surface area contributed by atoms with Gasteiger partial charge in [0.2, 0.25) is 0 Å². The first-order valence-electron chi connectivity index (χ1n) is 6.38. The van der Waals surface area contributed by atoms with Crippen LogP contribution in [-0.4, -0.2) is 31.6 Å². The van der Waals surface area contributed by atoms with Crippen molar-refractivity contribution in [1.29, 1.82) is 0 Å². The molecular weight excluding hydrogens is 273 g/mol. The molecular formula is C16H16FNO3. The van der Waals surface area contributed by atoms with Gasteiger partial charge in [0.05, 0.1) is 19.2 Å². The van der Waals surface area contributed by atoms with Crippen LogP contribution in [0.25, 0.3) is 0 Å². The molecule has 0 saturated heterocycles. The van der Waals surface area contributed by atoms with Crippen LogP contribution < -0.4 is 9.64 Å². The van der Waals surface area contributed by atoms with E-state index in [1.807, 2.05) is 12.1 Å². The molecule has 0 aliphatic carbocycles. The number of ether oxygens (including phenoxy) is 1. The average Bonchev–Trinajstić information content (AvgIpc) is 2.49. The van der Waals surface area contributed by atoms with Crippen LogP contribution >= 0.6 is 0 Å². The van der Waals surface area contributed by atoms with Crippen LogP contribution in [-0.2, 0) is 0 Å². The summed E-state index contributed by atoms with van der Waals surface area (Å²) >= 11 is 0. The van der Waals surface area contributed by atoms with Gasteiger partial charge >= 0.3 is 0 Å².